The maximum atomic E-state index is 12.6. The first-order valence-corrected chi connectivity index (χ1v) is 7.53. The summed E-state index contributed by atoms with van der Waals surface area (Å²) < 4.78 is 0. The van der Waals surface area contributed by atoms with Crippen molar-refractivity contribution in [2.75, 3.05) is 12.3 Å². The van der Waals surface area contributed by atoms with Gasteiger partial charge in [0.2, 0.25) is 0 Å². The van der Waals surface area contributed by atoms with Gasteiger partial charge in [0, 0.05) is 18.3 Å². The Morgan fingerprint density at radius 1 is 1.58 bits per heavy atom. The van der Waals surface area contributed by atoms with Gasteiger partial charge >= 0.3 is 12.0 Å². The summed E-state index contributed by atoms with van der Waals surface area (Å²) in [5.41, 5.74) is 0. The van der Waals surface area contributed by atoms with E-state index in [0.29, 0.717) is 12.3 Å². The van der Waals surface area contributed by atoms with Crippen LogP contribution in [0.5, 0.6) is 0 Å². The van der Waals surface area contributed by atoms with Gasteiger partial charge in [-0.3, -0.25) is 4.90 Å². The number of hydrogen-bond acceptors (Lipinski definition) is 3. The molecule has 6 heteroatoms. The van der Waals surface area contributed by atoms with Crippen LogP contribution in [0.4, 0.5) is 4.79 Å². The zero-order valence-electron chi connectivity index (χ0n) is 11.7. The lowest BCUT2D eigenvalue weighted by Gasteiger charge is -2.34. The zero-order chi connectivity index (χ0) is 14.6. The van der Waals surface area contributed by atoms with Crippen molar-refractivity contribution in [1.29, 1.82) is 0 Å². The van der Waals surface area contributed by atoms with E-state index in [1.807, 2.05) is 20.8 Å². The molecular formula is C13H22N2O3S. The topological polar surface area (TPSA) is 60.9 Å². The summed E-state index contributed by atoms with van der Waals surface area (Å²) in [6.45, 7) is 9.89. The van der Waals surface area contributed by atoms with E-state index in [1.54, 1.807) is 11.0 Å². The van der Waals surface area contributed by atoms with Crippen LogP contribution in [0.15, 0.2) is 12.7 Å². The Hall–Kier alpha value is -1.17. The first-order chi connectivity index (χ1) is 8.93. The Labute approximate surface area is 118 Å². The summed E-state index contributed by atoms with van der Waals surface area (Å²) in [6.07, 6.45) is 2.41. The highest BCUT2D eigenvalue weighted by Gasteiger charge is 2.42. The summed E-state index contributed by atoms with van der Waals surface area (Å²) in [4.78, 5) is 27.0. The highest BCUT2D eigenvalue weighted by molar-refractivity contribution is 8.00. The molecule has 2 amide bonds. The van der Waals surface area contributed by atoms with E-state index in [9.17, 15) is 14.7 Å². The van der Waals surface area contributed by atoms with E-state index in [2.05, 4.69) is 6.58 Å². The standard InChI is InChI=1S/C13H22N2O3S/c1-5-7-14(9(3)4)13(18)15-10(12(16)17)8-19-11(15)6-2/h5,9-11H,1,6-8H2,2-4H3,(H,16,17). The fraction of sp³-hybridized carbons (Fsp3) is 0.692. The van der Waals surface area contributed by atoms with Crippen molar-refractivity contribution < 1.29 is 14.7 Å². The fourth-order valence-corrected chi connectivity index (χ4v) is 3.46. The summed E-state index contributed by atoms with van der Waals surface area (Å²) in [7, 11) is 0. The molecule has 0 aromatic carbocycles. The Bertz CT molecular complexity index is 360. The van der Waals surface area contributed by atoms with Crippen LogP contribution in [-0.2, 0) is 4.79 Å². The molecule has 0 radical (unpaired) electrons. The number of aliphatic carboxylic acids is 1. The number of carboxylic acid groups (broad SMARTS) is 1. The van der Waals surface area contributed by atoms with Crippen molar-refractivity contribution in [2.45, 2.75) is 44.6 Å². The van der Waals surface area contributed by atoms with E-state index in [-0.39, 0.29) is 17.4 Å². The number of thioether (sulfide) groups is 1. The Balaban J connectivity index is 2.96. The minimum Gasteiger partial charge on any atom is -0.480 e. The van der Waals surface area contributed by atoms with E-state index in [4.69, 9.17) is 0 Å². The Morgan fingerprint density at radius 2 is 2.21 bits per heavy atom. The number of amides is 2. The monoisotopic (exact) mass is 286 g/mol. The van der Waals surface area contributed by atoms with Crippen LogP contribution >= 0.6 is 11.8 Å². The van der Waals surface area contributed by atoms with Gasteiger partial charge in [0.15, 0.2) is 0 Å². The lowest BCUT2D eigenvalue weighted by molar-refractivity contribution is -0.141. The molecule has 0 aromatic heterocycles. The van der Waals surface area contributed by atoms with Crippen molar-refractivity contribution in [1.82, 2.24) is 9.80 Å². The van der Waals surface area contributed by atoms with Crippen LogP contribution in [0, 0.1) is 0 Å². The first kappa shape index (κ1) is 15.9. The van der Waals surface area contributed by atoms with E-state index in [1.165, 1.54) is 16.7 Å². The second-order valence-corrected chi connectivity index (χ2v) is 5.99. The average molecular weight is 286 g/mol. The summed E-state index contributed by atoms with van der Waals surface area (Å²) >= 11 is 1.53. The Morgan fingerprint density at radius 3 is 2.63 bits per heavy atom. The second kappa shape index (κ2) is 6.84. The lowest BCUT2D eigenvalue weighted by Crippen LogP contribution is -2.53. The van der Waals surface area contributed by atoms with Crippen LogP contribution in [0.3, 0.4) is 0 Å². The Kier molecular flexibility index (Phi) is 5.72. The molecule has 0 aliphatic carbocycles. The third kappa shape index (κ3) is 3.43. The van der Waals surface area contributed by atoms with Crippen LogP contribution in [0.25, 0.3) is 0 Å². The van der Waals surface area contributed by atoms with Gasteiger partial charge in [-0.05, 0) is 20.3 Å². The molecule has 2 unspecified atom stereocenters. The molecule has 1 fully saturated rings. The van der Waals surface area contributed by atoms with Crippen LogP contribution in [-0.4, -0.2) is 56.7 Å². The van der Waals surface area contributed by atoms with Gasteiger partial charge in [0.05, 0.1) is 5.37 Å². The zero-order valence-corrected chi connectivity index (χ0v) is 12.5. The molecular weight excluding hydrogens is 264 g/mol. The maximum absolute atomic E-state index is 12.6. The molecule has 1 aliphatic heterocycles. The van der Waals surface area contributed by atoms with Crippen molar-refractivity contribution in [3.63, 3.8) is 0 Å². The van der Waals surface area contributed by atoms with E-state index >= 15 is 0 Å². The molecule has 5 nitrogen and oxygen atoms in total. The summed E-state index contributed by atoms with van der Waals surface area (Å²) in [6, 6.07) is -0.921. The molecule has 1 N–H and O–H groups in total. The minimum atomic E-state index is -0.931. The number of carbonyl (C=O) groups excluding carboxylic acids is 1. The van der Waals surface area contributed by atoms with Gasteiger partial charge in [-0.1, -0.05) is 13.0 Å². The van der Waals surface area contributed by atoms with E-state index < -0.39 is 12.0 Å². The molecule has 0 aromatic rings. The first-order valence-electron chi connectivity index (χ1n) is 6.48. The molecule has 1 heterocycles. The van der Waals surface area contributed by atoms with Gasteiger partial charge in [-0.15, -0.1) is 18.3 Å². The summed E-state index contributed by atoms with van der Waals surface area (Å²) in [5.74, 6) is -0.473. The maximum Gasteiger partial charge on any atom is 0.327 e. The van der Waals surface area contributed by atoms with Crippen LogP contribution in [0.2, 0.25) is 0 Å². The van der Waals surface area contributed by atoms with Crippen molar-refractivity contribution in [3.05, 3.63) is 12.7 Å². The largest absolute Gasteiger partial charge is 0.480 e. The minimum absolute atomic E-state index is 0.0167. The normalized spacial score (nSPS) is 22.6. The van der Waals surface area contributed by atoms with Crippen molar-refractivity contribution >= 4 is 23.8 Å². The number of carboxylic acids is 1. The highest BCUT2D eigenvalue weighted by atomic mass is 32.2. The van der Waals surface area contributed by atoms with Gasteiger partial charge in [-0.2, -0.15) is 0 Å². The predicted octanol–water partition coefficient (Wildman–Crippen LogP) is 2.24. The van der Waals surface area contributed by atoms with Crippen LogP contribution < -0.4 is 0 Å². The number of urea groups is 1. The second-order valence-electron chi connectivity index (χ2n) is 4.77. The average Bonchev–Trinajstić information content (AvgIpc) is 2.78. The number of hydrogen-bond donors (Lipinski definition) is 1. The number of rotatable bonds is 5. The van der Waals surface area contributed by atoms with E-state index in [0.717, 1.165) is 6.42 Å². The van der Waals surface area contributed by atoms with Crippen LogP contribution in [0.1, 0.15) is 27.2 Å². The molecule has 19 heavy (non-hydrogen) atoms. The third-order valence-corrected chi connectivity index (χ3v) is 4.60. The SMILES string of the molecule is C=CCN(C(=O)N1C(CC)SCC1C(=O)O)C(C)C. The highest BCUT2D eigenvalue weighted by Crippen LogP contribution is 2.32. The molecule has 0 bridgehead atoms. The molecule has 0 spiro atoms. The number of nitrogens with zero attached hydrogens (tertiary/aromatic N) is 2. The van der Waals surface area contributed by atoms with Gasteiger partial charge in [0.25, 0.3) is 0 Å². The lowest BCUT2D eigenvalue weighted by atomic mass is 10.2. The van der Waals surface area contributed by atoms with Gasteiger partial charge in [0.1, 0.15) is 6.04 Å². The summed E-state index contributed by atoms with van der Waals surface area (Å²) in [5, 5.41) is 9.19. The fourth-order valence-electron chi connectivity index (χ4n) is 2.12. The molecule has 108 valence electrons. The molecule has 1 aliphatic rings. The number of carbonyl (C=O) groups is 2. The quantitative estimate of drug-likeness (QED) is 0.787. The molecule has 1 rings (SSSR count). The van der Waals surface area contributed by atoms with Crippen molar-refractivity contribution in [3.8, 4) is 0 Å². The van der Waals surface area contributed by atoms with Gasteiger partial charge in [-0.25, -0.2) is 9.59 Å². The third-order valence-electron chi connectivity index (χ3n) is 3.14. The molecule has 2 atom stereocenters. The van der Waals surface area contributed by atoms with Crippen molar-refractivity contribution in [2.24, 2.45) is 0 Å². The predicted molar refractivity (Wildman–Crippen MR) is 77.2 cm³/mol. The van der Waals surface area contributed by atoms with Gasteiger partial charge < -0.3 is 10.0 Å². The molecule has 1 saturated heterocycles. The smallest absolute Gasteiger partial charge is 0.327 e. The molecule has 0 saturated carbocycles.